The lowest BCUT2D eigenvalue weighted by Gasteiger charge is -2.27. The molecule has 0 aromatic heterocycles. The summed E-state index contributed by atoms with van der Waals surface area (Å²) in [5, 5.41) is 4.99. The van der Waals surface area contributed by atoms with E-state index in [0.717, 1.165) is 11.0 Å². The van der Waals surface area contributed by atoms with E-state index in [2.05, 4.69) is 10.6 Å². The Kier molecular flexibility index (Phi) is 6.00. The average molecular weight is 392 g/mol. The third-order valence-electron chi connectivity index (χ3n) is 4.57. The summed E-state index contributed by atoms with van der Waals surface area (Å²) < 4.78 is 19.6. The van der Waals surface area contributed by atoms with Crippen LogP contribution in [0.4, 0.5) is 10.1 Å². The van der Waals surface area contributed by atoms with E-state index in [1.807, 2.05) is 0 Å². The van der Waals surface area contributed by atoms with Crippen LogP contribution < -0.4 is 16.4 Å². The van der Waals surface area contributed by atoms with Crippen molar-refractivity contribution in [2.45, 2.75) is 25.3 Å². The van der Waals surface area contributed by atoms with Crippen LogP contribution in [0.5, 0.6) is 0 Å². The lowest BCUT2D eigenvalue weighted by atomic mass is 10.0. The second kappa shape index (κ2) is 8.44. The second-order valence-electron chi connectivity index (χ2n) is 6.51. The van der Waals surface area contributed by atoms with Crippen LogP contribution in [0, 0.1) is 5.82 Å². The van der Waals surface area contributed by atoms with Crippen molar-refractivity contribution in [3.63, 3.8) is 0 Å². The third-order valence-corrected chi connectivity index (χ3v) is 4.57. The fraction of sp³-hybridized carbons (Fsp3) is 0.444. The molecule has 0 saturated carbocycles. The number of nitrogens with one attached hydrogen (secondary N) is 2. The maximum atomic E-state index is 14.4. The van der Waals surface area contributed by atoms with Crippen LogP contribution in [0.2, 0.25) is 0 Å². The van der Waals surface area contributed by atoms with Crippen molar-refractivity contribution in [3.05, 3.63) is 29.1 Å². The minimum Gasteiger partial charge on any atom is -0.383 e. The average Bonchev–Trinajstić information content (AvgIpc) is 2.89. The molecule has 4 amide bonds. The molecule has 2 aliphatic heterocycles. The topological polar surface area (TPSA) is 131 Å². The fourth-order valence-corrected chi connectivity index (χ4v) is 3.21. The molecule has 1 saturated heterocycles. The molecule has 0 aliphatic carbocycles. The molecule has 1 unspecified atom stereocenters. The van der Waals surface area contributed by atoms with Gasteiger partial charge in [0, 0.05) is 26.1 Å². The molecule has 0 radical (unpaired) electrons. The number of benzene rings is 1. The molecule has 1 atom stereocenters. The number of halogens is 1. The molecule has 1 aromatic rings. The largest absolute Gasteiger partial charge is 0.383 e. The van der Waals surface area contributed by atoms with Crippen LogP contribution in [0.3, 0.4) is 0 Å². The Bertz CT molecular complexity index is 828. The first-order valence-corrected chi connectivity index (χ1v) is 9.01. The molecule has 2 heterocycles. The second-order valence-corrected chi connectivity index (χ2v) is 6.51. The lowest BCUT2D eigenvalue weighted by molar-refractivity contribution is -0.136. The number of ether oxygens (including phenoxy) is 1. The van der Waals surface area contributed by atoms with E-state index in [1.54, 1.807) is 0 Å². The molecule has 1 fully saturated rings. The zero-order valence-electron chi connectivity index (χ0n) is 15.1. The van der Waals surface area contributed by atoms with Gasteiger partial charge in [-0.3, -0.25) is 29.4 Å². The van der Waals surface area contributed by atoms with Crippen molar-refractivity contribution in [1.82, 2.24) is 10.2 Å². The highest BCUT2D eigenvalue weighted by atomic mass is 19.1. The summed E-state index contributed by atoms with van der Waals surface area (Å²) in [5.74, 6) is -3.25. The number of hydrogen-bond acceptors (Lipinski definition) is 7. The van der Waals surface area contributed by atoms with Gasteiger partial charge in [0.1, 0.15) is 11.9 Å². The summed E-state index contributed by atoms with van der Waals surface area (Å²) in [6, 6.07) is 1.19. The number of fused-ring (bicyclic) bond motifs is 1. The SMILES string of the molecule is NCCOCCCNc1cc2c(cc1F)C(=O)N(C1CCC(=O)NC1=O)C2=O. The van der Waals surface area contributed by atoms with Gasteiger partial charge in [-0.1, -0.05) is 0 Å². The van der Waals surface area contributed by atoms with E-state index in [4.69, 9.17) is 10.5 Å². The van der Waals surface area contributed by atoms with Gasteiger partial charge in [-0.25, -0.2) is 4.39 Å². The quantitative estimate of drug-likeness (QED) is 0.419. The number of amides is 4. The zero-order chi connectivity index (χ0) is 20.3. The first-order chi connectivity index (χ1) is 13.4. The van der Waals surface area contributed by atoms with Crippen LogP contribution in [-0.4, -0.2) is 60.9 Å². The summed E-state index contributed by atoms with van der Waals surface area (Å²) >= 11 is 0. The number of piperidine rings is 1. The van der Waals surface area contributed by atoms with Gasteiger partial charge in [0.25, 0.3) is 11.8 Å². The number of imide groups is 2. The van der Waals surface area contributed by atoms with Crippen LogP contribution in [0.1, 0.15) is 40.0 Å². The number of anilines is 1. The molecular weight excluding hydrogens is 371 g/mol. The van der Waals surface area contributed by atoms with E-state index in [9.17, 15) is 23.6 Å². The summed E-state index contributed by atoms with van der Waals surface area (Å²) in [4.78, 5) is 49.4. The smallest absolute Gasteiger partial charge is 0.262 e. The van der Waals surface area contributed by atoms with E-state index in [-0.39, 0.29) is 29.7 Å². The maximum Gasteiger partial charge on any atom is 0.262 e. The molecule has 0 spiro atoms. The van der Waals surface area contributed by atoms with Crippen LogP contribution in [-0.2, 0) is 14.3 Å². The molecule has 150 valence electrons. The van der Waals surface area contributed by atoms with Crippen molar-refractivity contribution in [1.29, 1.82) is 0 Å². The van der Waals surface area contributed by atoms with E-state index in [1.165, 1.54) is 6.07 Å². The Morgan fingerprint density at radius 1 is 1.18 bits per heavy atom. The van der Waals surface area contributed by atoms with Crippen molar-refractivity contribution >= 4 is 29.3 Å². The van der Waals surface area contributed by atoms with Gasteiger partial charge in [-0.05, 0) is 25.0 Å². The number of carbonyl (C=O) groups is 4. The highest BCUT2D eigenvalue weighted by Crippen LogP contribution is 2.31. The molecule has 3 rings (SSSR count). The molecule has 1 aromatic carbocycles. The molecular formula is C18H21FN4O5. The normalized spacial score (nSPS) is 19.1. The predicted molar refractivity (Wildman–Crippen MR) is 96.1 cm³/mol. The number of carbonyl (C=O) groups excluding carboxylic acids is 4. The number of nitrogens with zero attached hydrogens (tertiary/aromatic N) is 1. The van der Waals surface area contributed by atoms with E-state index in [0.29, 0.717) is 32.7 Å². The summed E-state index contributed by atoms with van der Waals surface area (Å²) in [5.41, 5.74) is 5.33. The van der Waals surface area contributed by atoms with Crippen molar-refractivity contribution < 1.29 is 28.3 Å². The predicted octanol–water partition coefficient (Wildman–Crippen LogP) is 0.00420. The summed E-state index contributed by atoms with van der Waals surface area (Å²) in [6.45, 7) is 1.73. The van der Waals surface area contributed by atoms with Gasteiger partial charge in [-0.15, -0.1) is 0 Å². The van der Waals surface area contributed by atoms with Crippen molar-refractivity contribution in [2.75, 3.05) is 31.6 Å². The Morgan fingerprint density at radius 2 is 1.89 bits per heavy atom. The standard InChI is InChI=1S/C18H21FN4O5/c19-12-8-10-11(9-13(12)21-5-1-6-28-7-4-20)18(27)23(17(10)26)14-2-3-15(24)22-16(14)25/h8-9,14,21H,1-7,20H2,(H,22,24,25). The highest BCUT2D eigenvalue weighted by Gasteiger charge is 2.45. The molecule has 2 aliphatic rings. The molecule has 10 heteroatoms. The Labute approximate surface area is 160 Å². The summed E-state index contributed by atoms with van der Waals surface area (Å²) in [6.07, 6.45) is 0.676. The van der Waals surface area contributed by atoms with Crippen LogP contribution in [0.15, 0.2) is 12.1 Å². The van der Waals surface area contributed by atoms with E-state index < -0.39 is 35.5 Å². The Balaban J connectivity index is 1.72. The van der Waals surface area contributed by atoms with Crippen molar-refractivity contribution in [3.8, 4) is 0 Å². The van der Waals surface area contributed by atoms with Crippen LogP contribution >= 0.6 is 0 Å². The third kappa shape index (κ3) is 3.87. The first-order valence-electron chi connectivity index (χ1n) is 9.01. The molecule has 28 heavy (non-hydrogen) atoms. The first kappa shape index (κ1) is 19.9. The van der Waals surface area contributed by atoms with Gasteiger partial charge in [0.05, 0.1) is 23.4 Å². The molecule has 9 nitrogen and oxygen atoms in total. The van der Waals surface area contributed by atoms with Gasteiger partial charge >= 0.3 is 0 Å². The number of nitrogens with two attached hydrogens (primary N) is 1. The van der Waals surface area contributed by atoms with Crippen molar-refractivity contribution in [2.24, 2.45) is 5.73 Å². The zero-order valence-corrected chi connectivity index (χ0v) is 15.1. The Hall–Kier alpha value is -2.85. The minimum atomic E-state index is -1.08. The fourth-order valence-electron chi connectivity index (χ4n) is 3.21. The van der Waals surface area contributed by atoms with E-state index >= 15 is 0 Å². The van der Waals surface area contributed by atoms with Gasteiger partial charge in [0.2, 0.25) is 11.8 Å². The molecule has 0 bridgehead atoms. The number of rotatable bonds is 8. The monoisotopic (exact) mass is 392 g/mol. The van der Waals surface area contributed by atoms with Gasteiger partial charge in [0.15, 0.2) is 0 Å². The minimum absolute atomic E-state index is 0.0250. The summed E-state index contributed by atoms with van der Waals surface area (Å²) in [7, 11) is 0. The van der Waals surface area contributed by atoms with Gasteiger partial charge in [-0.2, -0.15) is 0 Å². The Morgan fingerprint density at radius 3 is 2.57 bits per heavy atom. The highest BCUT2D eigenvalue weighted by molar-refractivity contribution is 6.23. The van der Waals surface area contributed by atoms with Crippen LogP contribution in [0.25, 0.3) is 0 Å². The molecule has 4 N–H and O–H groups in total. The lowest BCUT2D eigenvalue weighted by Crippen LogP contribution is -2.54. The van der Waals surface area contributed by atoms with Gasteiger partial charge < -0.3 is 15.8 Å². The number of hydrogen-bond donors (Lipinski definition) is 3. The maximum absolute atomic E-state index is 14.4.